The zero-order chi connectivity index (χ0) is 12.1. The zero-order valence-electron chi connectivity index (χ0n) is 11.3. The van der Waals surface area contributed by atoms with E-state index in [1.54, 1.807) is 0 Å². The molecule has 0 radical (unpaired) electrons. The lowest BCUT2D eigenvalue weighted by Gasteiger charge is -2.27. The van der Waals surface area contributed by atoms with Crippen LogP contribution in [0.25, 0.3) is 0 Å². The van der Waals surface area contributed by atoms with Crippen molar-refractivity contribution in [1.82, 2.24) is 5.32 Å². The third kappa shape index (κ3) is 2.65. The van der Waals surface area contributed by atoms with Crippen molar-refractivity contribution in [2.24, 2.45) is 5.92 Å². The van der Waals surface area contributed by atoms with E-state index in [9.17, 15) is 0 Å². The van der Waals surface area contributed by atoms with Crippen LogP contribution in [0.2, 0.25) is 0 Å². The topological polar surface area (TPSA) is 12.0 Å². The van der Waals surface area contributed by atoms with Crippen LogP contribution in [-0.2, 0) is 0 Å². The maximum absolute atomic E-state index is 3.49. The predicted octanol–water partition coefficient (Wildman–Crippen LogP) is 4.00. The number of aryl methyl sites for hydroxylation is 1. The molecule has 0 saturated heterocycles. The molecule has 1 atom stereocenters. The van der Waals surface area contributed by atoms with Crippen molar-refractivity contribution < 1.29 is 0 Å². The largest absolute Gasteiger partial charge is 0.313 e. The van der Waals surface area contributed by atoms with Gasteiger partial charge in [0.1, 0.15) is 0 Å². The summed E-state index contributed by atoms with van der Waals surface area (Å²) in [5.41, 5.74) is 4.30. The van der Waals surface area contributed by atoms with Gasteiger partial charge in [0.25, 0.3) is 0 Å². The minimum Gasteiger partial charge on any atom is -0.313 e. The predicted molar refractivity (Wildman–Crippen MR) is 71.8 cm³/mol. The molecule has 1 aromatic rings. The van der Waals surface area contributed by atoms with E-state index in [0.29, 0.717) is 6.04 Å². The van der Waals surface area contributed by atoms with E-state index in [0.717, 1.165) is 5.92 Å². The molecule has 1 heteroatoms. The first-order chi connectivity index (χ1) is 7.65. The Labute approximate surface area is 100 Å². The Kier molecular flexibility index (Phi) is 5.01. The molecule has 1 nitrogen and oxygen atoms in total. The molecule has 0 fully saturated rings. The third-order valence-corrected chi connectivity index (χ3v) is 3.81. The van der Waals surface area contributed by atoms with Crippen LogP contribution in [0.15, 0.2) is 18.2 Å². The van der Waals surface area contributed by atoms with Gasteiger partial charge in [-0.25, -0.2) is 0 Å². The lowest BCUT2D eigenvalue weighted by Crippen LogP contribution is -2.25. The van der Waals surface area contributed by atoms with Gasteiger partial charge in [-0.1, -0.05) is 44.9 Å². The highest BCUT2D eigenvalue weighted by molar-refractivity contribution is 5.35. The molecule has 0 aliphatic carbocycles. The van der Waals surface area contributed by atoms with E-state index in [2.05, 4.69) is 58.3 Å². The summed E-state index contributed by atoms with van der Waals surface area (Å²) in [4.78, 5) is 0. The van der Waals surface area contributed by atoms with Crippen molar-refractivity contribution in [3.05, 3.63) is 34.9 Å². The first kappa shape index (κ1) is 13.2. The normalized spacial score (nSPS) is 13.1. The summed E-state index contributed by atoms with van der Waals surface area (Å²) >= 11 is 0. The van der Waals surface area contributed by atoms with Crippen LogP contribution in [0.1, 0.15) is 49.4 Å². The van der Waals surface area contributed by atoms with Gasteiger partial charge in [0, 0.05) is 6.04 Å². The minimum atomic E-state index is 0.495. The van der Waals surface area contributed by atoms with Crippen molar-refractivity contribution >= 4 is 0 Å². The Hall–Kier alpha value is -0.820. The van der Waals surface area contributed by atoms with E-state index in [1.807, 2.05) is 0 Å². The van der Waals surface area contributed by atoms with Crippen molar-refractivity contribution in [1.29, 1.82) is 0 Å². The van der Waals surface area contributed by atoms with Crippen molar-refractivity contribution in [2.75, 3.05) is 7.05 Å². The summed E-state index contributed by atoms with van der Waals surface area (Å²) in [6, 6.07) is 7.12. The highest BCUT2D eigenvalue weighted by Crippen LogP contribution is 2.30. The zero-order valence-corrected chi connectivity index (χ0v) is 11.3. The second kappa shape index (κ2) is 6.05. The molecule has 0 heterocycles. The highest BCUT2D eigenvalue weighted by atomic mass is 14.9. The Morgan fingerprint density at radius 1 is 1.12 bits per heavy atom. The van der Waals surface area contributed by atoms with Gasteiger partial charge in [-0.05, 0) is 43.5 Å². The maximum Gasteiger partial charge on any atom is 0.0348 e. The van der Waals surface area contributed by atoms with Gasteiger partial charge in [0.15, 0.2) is 0 Å². The van der Waals surface area contributed by atoms with Crippen LogP contribution in [0, 0.1) is 19.8 Å². The summed E-state index contributed by atoms with van der Waals surface area (Å²) in [7, 11) is 2.07. The van der Waals surface area contributed by atoms with E-state index >= 15 is 0 Å². The lowest BCUT2D eigenvalue weighted by molar-refractivity contribution is 0.358. The highest BCUT2D eigenvalue weighted by Gasteiger charge is 2.20. The summed E-state index contributed by atoms with van der Waals surface area (Å²) in [6.07, 6.45) is 2.46. The van der Waals surface area contributed by atoms with Crippen LogP contribution < -0.4 is 5.32 Å². The maximum atomic E-state index is 3.49. The molecule has 0 spiro atoms. The molecule has 0 bridgehead atoms. The fourth-order valence-corrected chi connectivity index (χ4v) is 2.52. The van der Waals surface area contributed by atoms with E-state index < -0.39 is 0 Å². The molecule has 0 aromatic heterocycles. The first-order valence-corrected chi connectivity index (χ1v) is 6.39. The fraction of sp³-hybridized carbons (Fsp3) is 0.600. The smallest absolute Gasteiger partial charge is 0.0348 e. The van der Waals surface area contributed by atoms with Gasteiger partial charge < -0.3 is 5.32 Å². The Bertz CT molecular complexity index is 326. The van der Waals surface area contributed by atoms with Gasteiger partial charge in [-0.3, -0.25) is 0 Å². The van der Waals surface area contributed by atoms with E-state index in [-0.39, 0.29) is 0 Å². The van der Waals surface area contributed by atoms with Gasteiger partial charge in [-0.2, -0.15) is 0 Å². The molecule has 1 unspecified atom stereocenters. The SMILES string of the molecule is CCC(CC)C(NC)c1cccc(C)c1C. The first-order valence-electron chi connectivity index (χ1n) is 6.39. The molecule has 0 amide bonds. The molecule has 0 saturated carbocycles. The number of hydrogen-bond donors (Lipinski definition) is 1. The van der Waals surface area contributed by atoms with Crippen LogP contribution in [-0.4, -0.2) is 7.05 Å². The second-order valence-electron chi connectivity index (χ2n) is 4.63. The molecule has 1 aromatic carbocycles. The quantitative estimate of drug-likeness (QED) is 0.789. The number of nitrogens with one attached hydrogen (secondary N) is 1. The molecular formula is C15H25N. The summed E-state index contributed by atoms with van der Waals surface area (Å²) < 4.78 is 0. The van der Waals surface area contributed by atoms with Crippen LogP contribution in [0.3, 0.4) is 0 Å². The number of benzene rings is 1. The second-order valence-corrected chi connectivity index (χ2v) is 4.63. The van der Waals surface area contributed by atoms with Gasteiger partial charge in [0.05, 0.1) is 0 Å². The molecule has 1 rings (SSSR count). The average Bonchev–Trinajstić information content (AvgIpc) is 2.30. The third-order valence-electron chi connectivity index (χ3n) is 3.81. The Balaban J connectivity index is 3.07. The summed E-state index contributed by atoms with van der Waals surface area (Å²) in [5.74, 6) is 0.727. The number of rotatable bonds is 5. The van der Waals surface area contributed by atoms with Crippen LogP contribution in [0.4, 0.5) is 0 Å². The Morgan fingerprint density at radius 2 is 1.75 bits per heavy atom. The molecule has 90 valence electrons. The molecular weight excluding hydrogens is 194 g/mol. The average molecular weight is 219 g/mol. The van der Waals surface area contributed by atoms with Crippen LogP contribution >= 0.6 is 0 Å². The minimum absolute atomic E-state index is 0.495. The molecule has 16 heavy (non-hydrogen) atoms. The molecule has 0 aliphatic rings. The summed E-state index contributed by atoms with van der Waals surface area (Å²) in [6.45, 7) is 8.99. The standard InChI is InChI=1S/C15H25N/c1-6-13(7-2)15(16-5)14-10-8-9-11(3)12(14)4/h8-10,13,15-16H,6-7H2,1-5H3. The van der Waals surface area contributed by atoms with Gasteiger partial charge in [0.2, 0.25) is 0 Å². The molecule has 0 aliphatic heterocycles. The van der Waals surface area contributed by atoms with Gasteiger partial charge >= 0.3 is 0 Å². The van der Waals surface area contributed by atoms with Crippen LogP contribution in [0.5, 0.6) is 0 Å². The number of hydrogen-bond acceptors (Lipinski definition) is 1. The summed E-state index contributed by atoms with van der Waals surface area (Å²) in [5, 5.41) is 3.49. The van der Waals surface area contributed by atoms with Crippen molar-refractivity contribution in [3.63, 3.8) is 0 Å². The van der Waals surface area contributed by atoms with Crippen molar-refractivity contribution in [3.8, 4) is 0 Å². The van der Waals surface area contributed by atoms with E-state index in [4.69, 9.17) is 0 Å². The molecule has 1 N–H and O–H groups in total. The fourth-order valence-electron chi connectivity index (χ4n) is 2.52. The van der Waals surface area contributed by atoms with Gasteiger partial charge in [-0.15, -0.1) is 0 Å². The van der Waals surface area contributed by atoms with Crippen molar-refractivity contribution in [2.45, 2.75) is 46.6 Å². The monoisotopic (exact) mass is 219 g/mol. The Morgan fingerprint density at radius 3 is 2.25 bits per heavy atom. The van der Waals surface area contributed by atoms with E-state index in [1.165, 1.54) is 29.5 Å². The lowest BCUT2D eigenvalue weighted by atomic mass is 9.86.